The Bertz CT molecular complexity index is 820. The highest BCUT2D eigenvalue weighted by atomic mass is 16.7. The van der Waals surface area contributed by atoms with Crippen molar-refractivity contribution in [3.63, 3.8) is 0 Å². The number of ether oxygens (including phenoxy) is 3. The van der Waals surface area contributed by atoms with E-state index in [0.717, 1.165) is 32.4 Å². The molecule has 1 unspecified atom stereocenters. The summed E-state index contributed by atoms with van der Waals surface area (Å²) in [5, 5.41) is 13.9. The molecule has 1 amide bonds. The minimum absolute atomic E-state index is 0.0535. The molecule has 1 N–H and O–H groups in total. The summed E-state index contributed by atoms with van der Waals surface area (Å²) in [4.78, 5) is 34.3. The van der Waals surface area contributed by atoms with Crippen LogP contribution < -0.4 is 5.32 Å². The smallest absolute Gasteiger partial charge is 0.346 e. The van der Waals surface area contributed by atoms with Crippen molar-refractivity contribution in [3.05, 3.63) is 33.4 Å². The van der Waals surface area contributed by atoms with Gasteiger partial charge in [-0.3, -0.25) is 14.9 Å². The monoisotopic (exact) mass is 404 g/mol. The lowest BCUT2D eigenvalue weighted by Gasteiger charge is -2.22. The molecule has 1 atom stereocenters. The average molecular weight is 404 g/mol. The van der Waals surface area contributed by atoms with Gasteiger partial charge in [0.2, 0.25) is 5.91 Å². The molecule has 0 spiro atoms. The fourth-order valence-electron chi connectivity index (χ4n) is 2.85. The van der Waals surface area contributed by atoms with Crippen LogP contribution in [0.25, 0.3) is 0 Å². The molecule has 1 heterocycles. The summed E-state index contributed by atoms with van der Waals surface area (Å²) in [6, 6.07) is 2.49. The highest BCUT2D eigenvalue weighted by Gasteiger charge is 2.27. The maximum Gasteiger partial charge on any atom is 0.346 e. The predicted molar refractivity (Wildman–Crippen MR) is 104 cm³/mol. The van der Waals surface area contributed by atoms with E-state index in [9.17, 15) is 19.7 Å². The minimum Gasteiger partial charge on any atom is -0.465 e. The summed E-state index contributed by atoms with van der Waals surface area (Å²) in [6.45, 7) is 2.47. The zero-order valence-corrected chi connectivity index (χ0v) is 16.5. The fraction of sp³-hybridized carbons (Fsp3) is 0.500. The van der Waals surface area contributed by atoms with Gasteiger partial charge >= 0.3 is 5.97 Å². The summed E-state index contributed by atoms with van der Waals surface area (Å²) >= 11 is 0. The van der Waals surface area contributed by atoms with Crippen LogP contribution in [0.4, 0.5) is 11.4 Å². The van der Waals surface area contributed by atoms with Crippen LogP contribution in [0.3, 0.4) is 0 Å². The number of amides is 1. The highest BCUT2D eigenvalue weighted by Crippen LogP contribution is 2.29. The zero-order valence-electron chi connectivity index (χ0n) is 16.5. The van der Waals surface area contributed by atoms with Gasteiger partial charge < -0.3 is 19.5 Å². The number of anilines is 1. The number of hydrogen-bond donors (Lipinski definition) is 1. The first-order chi connectivity index (χ1) is 13.9. The number of carbonyl (C=O) groups excluding carboxylic acids is 2. The van der Waals surface area contributed by atoms with Crippen molar-refractivity contribution < 1.29 is 28.7 Å². The van der Waals surface area contributed by atoms with Gasteiger partial charge in [0.05, 0.1) is 29.9 Å². The van der Waals surface area contributed by atoms with Crippen LogP contribution in [-0.4, -0.2) is 43.4 Å². The molecule has 2 rings (SSSR count). The molecule has 1 aliphatic rings. The Hall–Kier alpha value is -2.96. The maximum atomic E-state index is 12.2. The van der Waals surface area contributed by atoms with E-state index in [1.165, 1.54) is 13.0 Å². The van der Waals surface area contributed by atoms with E-state index in [2.05, 4.69) is 21.9 Å². The van der Waals surface area contributed by atoms with E-state index in [1.54, 1.807) is 0 Å². The summed E-state index contributed by atoms with van der Waals surface area (Å²) in [5.74, 6) is 4.38. The van der Waals surface area contributed by atoms with Crippen molar-refractivity contribution in [1.29, 1.82) is 0 Å². The first-order valence-electron chi connectivity index (χ1n) is 9.33. The third-order valence-corrected chi connectivity index (χ3v) is 4.18. The third kappa shape index (κ3) is 6.55. The van der Waals surface area contributed by atoms with E-state index < -0.39 is 22.5 Å². The molecule has 156 valence electrons. The lowest BCUT2D eigenvalue weighted by molar-refractivity contribution is -0.385. The van der Waals surface area contributed by atoms with Gasteiger partial charge in [-0.15, -0.1) is 0 Å². The molecule has 9 heteroatoms. The van der Waals surface area contributed by atoms with E-state index in [0.29, 0.717) is 26.1 Å². The summed E-state index contributed by atoms with van der Waals surface area (Å²) < 4.78 is 15.8. The Morgan fingerprint density at radius 2 is 2.17 bits per heavy atom. The molecule has 1 aromatic rings. The lowest BCUT2D eigenvalue weighted by atomic mass is 10.0. The molecule has 1 saturated heterocycles. The molecule has 1 aliphatic heterocycles. The van der Waals surface area contributed by atoms with Crippen LogP contribution in [0.2, 0.25) is 0 Å². The second kappa shape index (κ2) is 11.1. The molecule has 0 aromatic heterocycles. The standard InChI is InChI=1S/C20H24N2O7/c1-14(23)21-16-10-11-17(22(25)26)19(20(24)27-2)15(16)8-4-3-6-12-28-18-9-5-7-13-29-18/h10-11,18H,3,5-7,9,12-13H2,1-2H3,(H,21,23). The first kappa shape index (κ1) is 22.3. The Morgan fingerprint density at radius 3 is 2.79 bits per heavy atom. The number of carbonyl (C=O) groups is 2. The Kier molecular flexibility index (Phi) is 8.58. The van der Waals surface area contributed by atoms with Gasteiger partial charge in [0.25, 0.3) is 5.69 Å². The molecule has 0 aliphatic carbocycles. The quantitative estimate of drug-likeness (QED) is 0.244. The SMILES string of the molecule is COC(=O)c1c([N+](=O)[O-])ccc(NC(C)=O)c1C#CCCCOC1CCCCO1. The number of hydrogen-bond acceptors (Lipinski definition) is 7. The van der Waals surface area contributed by atoms with Crippen LogP contribution >= 0.6 is 0 Å². The Balaban J connectivity index is 2.16. The van der Waals surface area contributed by atoms with Gasteiger partial charge in [0.1, 0.15) is 0 Å². The summed E-state index contributed by atoms with van der Waals surface area (Å²) in [5.41, 5.74) is -0.461. The van der Waals surface area contributed by atoms with E-state index >= 15 is 0 Å². The topological polar surface area (TPSA) is 117 Å². The number of unbranched alkanes of at least 4 members (excludes halogenated alkanes) is 1. The molecule has 1 fully saturated rings. The second-order valence-electron chi connectivity index (χ2n) is 6.38. The van der Waals surface area contributed by atoms with Crippen molar-refractivity contribution >= 4 is 23.3 Å². The molecule has 0 bridgehead atoms. The summed E-state index contributed by atoms with van der Waals surface area (Å²) in [6.07, 6.45) is 3.90. The van der Waals surface area contributed by atoms with Crippen LogP contribution in [0.15, 0.2) is 12.1 Å². The van der Waals surface area contributed by atoms with Crippen LogP contribution in [0, 0.1) is 22.0 Å². The van der Waals surface area contributed by atoms with Gasteiger partial charge in [0.15, 0.2) is 11.9 Å². The molecular formula is C20H24N2O7. The van der Waals surface area contributed by atoms with Crippen LogP contribution in [0.5, 0.6) is 0 Å². The predicted octanol–water partition coefficient (Wildman–Crippen LogP) is 3.01. The Labute approximate surface area is 168 Å². The molecular weight excluding hydrogens is 380 g/mol. The van der Waals surface area contributed by atoms with Gasteiger partial charge in [-0.2, -0.15) is 0 Å². The van der Waals surface area contributed by atoms with E-state index in [1.807, 2.05) is 0 Å². The minimum atomic E-state index is -0.897. The summed E-state index contributed by atoms with van der Waals surface area (Å²) in [7, 11) is 1.12. The number of nitrogens with zero attached hydrogens (tertiary/aromatic N) is 1. The first-order valence-corrected chi connectivity index (χ1v) is 9.33. The number of nitro groups is 1. The van der Waals surface area contributed by atoms with Crippen LogP contribution in [-0.2, 0) is 19.0 Å². The van der Waals surface area contributed by atoms with Crippen molar-refractivity contribution in [3.8, 4) is 11.8 Å². The van der Waals surface area contributed by atoms with Crippen molar-refractivity contribution in [2.45, 2.75) is 45.3 Å². The second-order valence-corrected chi connectivity index (χ2v) is 6.38. The maximum absolute atomic E-state index is 12.2. The average Bonchev–Trinajstić information content (AvgIpc) is 2.70. The van der Waals surface area contributed by atoms with Gasteiger partial charge in [0, 0.05) is 26.0 Å². The van der Waals surface area contributed by atoms with Crippen molar-refractivity contribution in [2.75, 3.05) is 25.6 Å². The molecule has 0 saturated carbocycles. The van der Waals surface area contributed by atoms with Gasteiger partial charge in [-0.1, -0.05) is 11.8 Å². The molecule has 1 aromatic carbocycles. The number of benzene rings is 1. The number of nitrogens with one attached hydrogen (secondary N) is 1. The largest absolute Gasteiger partial charge is 0.465 e. The number of nitro benzene ring substituents is 1. The number of rotatable bonds is 7. The molecule has 0 radical (unpaired) electrons. The lowest BCUT2D eigenvalue weighted by Crippen LogP contribution is -2.22. The van der Waals surface area contributed by atoms with Crippen molar-refractivity contribution in [2.24, 2.45) is 0 Å². The number of methoxy groups -OCH3 is 1. The van der Waals surface area contributed by atoms with E-state index in [4.69, 9.17) is 9.47 Å². The number of esters is 1. The Morgan fingerprint density at radius 1 is 1.38 bits per heavy atom. The zero-order chi connectivity index (χ0) is 21.2. The fourth-order valence-corrected chi connectivity index (χ4v) is 2.85. The van der Waals surface area contributed by atoms with Crippen LogP contribution in [0.1, 0.15) is 54.9 Å². The normalized spacial score (nSPS) is 15.7. The van der Waals surface area contributed by atoms with Gasteiger partial charge in [-0.05, 0) is 31.7 Å². The molecule has 29 heavy (non-hydrogen) atoms. The van der Waals surface area contributed by atoms with E-state index in [-0.39, 0.29) is 23.1 Å². The molecule has 9 nitrogen and oxygen atoms in total. The van der Waals surface area contributed by atoms with Crippen molar-refractivity contribution in [1.82, 2.24) is 0 Å². The third-order valence-electron chi connectivity index (χ3n) is 4.18. The highest BCUT2D eigenvalue weighted by molar-refractivity contribution is 6.01. The van der Waals surface area contributed by atoms with Gasteiger partial charge in [-0.25, -0.2) is 4.79 Å².